The molecular formula is C49H34O. The van der Waals surface area contributed by atoms with E-state index in [9.17, 15) is 4.79 Å². The summed E-state index contributed by atoms with van der Waals surface area (Å²) in [5.41, 5.74) is 16.7. The number of benzene rings is 7. The number of hydrogen-bond donors (Lipinski definition) is 0. The number of rotatable bonds is 7. The maximum Gasteiger partial charge on any atom is 0.128 e. The molecule has 1 aliphatic rings. The Morgan fingerprint density at radius 2 is 0.680 bits per heavy atom. The molecule has 1 aliphatic carbocycles. The van der Waals surface area contributed by atoms with Gasteiger partial charge in [-0.05, 0) is 84.0 Å². The number of carbonyl (C=O) groups excluding carboxylic acids is 1. The minimum atomic E-state index is 0.525. The molecule has 1 heteroatoms. The van der Waals surface area contributed by atoms with Gasteiger partial charge in [0.25, 0.3) is 0 Å². The van der Waals surface area contributed by atoms with E-state index in [-0.39, 0.29) is 0 Å². The first-order valence-corrected chi connectivity index (χ1v) is 17.0. The summed E-state index contributed by atoms with van der Waals surface area (Å²) < 4.78 is 0. The average molecular weight is 639 g/mol. The van der Waals surface area contributed by atoms with Crippen LogP contribution in [0.2, 0.25) is 0 Å². The maximum absolute atomic E-state index is 11.9. The highest BCUT2D eigenvalue weighted by Gasteiger charge is 2.30. The highest BCUT2D eigenvalue weighted by molar-refractivity contribution is 6.16. The van der Waals surface area contributed by atoms with Crippen molar-refractivity contribution in [2.75, 3.05) is 0 Å². The van der Waals surface area contributed by atoms with Crippen molar-refractivity contribution in [1.82, 2.24) is 0 Å². The molecule has 0 aromatic heterocycles. The molecule has 0 fully saturated rings. The standard InChI is InChI=1S/C49H34O/c50-34-35-19-18-30-41(33-35)42-31-16-17-32-43(42)49-47(39-26-12-4-13-27-39)45(37-22-8-2-9-23-37)44(36-20-6-1-7-21-36)46(38-24-10-3-11-25-38)48(49)40-28-14-5-15-29-40/h1-32H,33H2. The molecule has 50 heavy (non-hydrogen) atoms. The van der Waals surface area contributed by atoms with Gasteiger partial charge >= 0.3 is 0 Å². The summed E-state index contributed by atoms with van der Waals surface area (Å²) in [6.45, 7) is 0. The molecule has 0 bridgehead atoms. The van der Waals surface area contributed by atoms with Crippen molar-refractivity contribution in [2.24, 2.45) is 0 Å². The first-order valence-electron chi connectivity index (χ1n) is 17.0. The average Bonchev–Trinajstić information content (AvgIpc) is 3.21. The zero-order chi connectivity index (χ0) is 33.7. The fourth-order valence-corrected chi connectivity index (χ4v) is 7.33. The van der Waals surface area contributed by atoms with Gasteiger partial charge in [-0.25, -0.2) is 4.79 Å². The molecule has 8 rings (SSSR count). The Morgan fingerprint density at radius 3 is 1.04 bits per heavy atom. The zero-order valence-corrected chi connectivity index (χ0v) is 27.6. The summed E-state index contributed by atoms with van der Waals surface area (Å²) >= 11 is 0. The molecule has 0 heterocycles. The predicted octanol–water partition coefficient (Wildman–Crippen LogP) is 12.8. The lowest BCUT2D eigenvalue weighted by molar-refractivity contribution is 0.567. The minimum absolute atomic E-state index is 0.525. The summed E-state index contributed by atoms with van der Waals surface area (Å²) in [6.07, 6.45) is 6.49. The van der Waals surface area contributed by atoms with Gasteiger partial charge < -0.3 is 0 Å². The summed E-state index contributed by atoms with van der Waals surface area (Å²) in [6, 6.07) is 62.7. The molecule has 0 saturated carbocycles. The highest BCUT2D eigenvalue weighted by atomic mass is 16.1. The summed E-state index contributed by atoms with van der Waals surface area (Å²) in [5, 5.41) is 0. The monoisotopic (exact) mass is 638 g/mol. The van der Waals surface area contributed by atoms with Gasteiger partial charge in [-0.1, -0.05) is 188 Å². The normalized spacial score (nSPS) is 12.3. The molecule has 0 saturated heterocycles. The largest absolute Gasteiger partial charge is 0.233 e. The maximum atomic E-state index is 11.9. The van der Waals surface area contributed by atoms with Crippen molar-refractivity contribution >= 4 is 11.5 Å². The molecule has 0 aliphatic heterocycles. The van der Waals surface area contributed by atoms with Gasteiger partial charge in [0.15, 0.2) is 0 Å². The molecule has 0 unspecified atom stereocenters. The van der Waals surface area contributed by atoms with E-state index in [1.54, 1.807) is 0 Å². The SMILES string of the molecule is O=C=C1C=CC=C(c2ccccc2-c2c(-c3ccccc3)c(-c3ccccc3)c(-c3ccccc3)c(-c3ccccc3)c2-c2ccccc2)C1. The van der Waals surface area contributed by atoms with Crippen LogP contribution < -0.4 is 0 Å². The summed E-state index contributed by atoms with van der Waals surface area (Å²) in [4.78, 5) is 11.9. The van der Waals surface area contributed by atoms with Crippen molar-refractivity contribution in [3.05, 3.63) is 205 Å². The van der Waals surface area contributed by atoms with E-state index in [4.69, 9.17) is 0 Å². The second-order valence-corrected chi connectivity index (χ2v) is 12.5. The molecule has 7 aromatic carbocycles. The second kappa shape index (κ2) is 13.9. The van der Waals surface area contributed by atoms with Crippen molar-refractivity contribution < 1.29 is 4.79 Å². The summed E-state index contributed by atoms with van der Waals surface area (Å²) in [7, 11) is 0. The Kier molecular flexibility index (Phi) is 8.56. The fourth-order valence-electron chi connectivity index (χ4n) is 7.33. The van der Waals surface area contributed by atoms with Gasteiger partial charge in [0.1, 0.15) is 5.94 Å². The first kappa shape index (κ1) is 30.8. The van der Waals surface area contributed by atoms with Crippen LogP contribution in [-0.2, 0) is 4.79 Å². The Morgan fingerprint density at radius 1 is 0.360 bits per heavy atom. The van der Waals surface area contributed by atoms with Crippen molar-refractivity contribution in [2.45, 2.75) is 6.42 Å². The minimum Gasteiger partial charge on any atom is -0.233 e. The van der Waals surface area contributed by atoms with Gasteiger partial charge in [-0.3, -0.25) is 0 Å². The van der Waals surface area contributed by atoms with Crippen LogP contribution in [0.15, 0.2) is 200 Å². The smallest absolute Gasteiger partial charge is 0.128 e. The van der Waals surface area contributed by atoms with Crippen LogP contribution in [0.1, 0.15) is 12.0 Å². The Hall–Kier alpha value is -6.53. The summed E-state index contributed by atoms with van der Waals surface area (Å²) in [5.74, 6) is 2.16. The van der Waals surface area contributed by atoms with Gasteiger partial charge in [0.05, 0.1) is 0 Å². The van der Waals surface area contributed by atoms with Crippen molar-refractivity contribution in [3.63, 3.8) is 0 Å². The molecule has 1 nitrogen and oxygen atoms in total. The van der Waals surface area contributed by atoms with E-state index >= 15 is 0 Å². The fraction of sp³-hybridized carbons (Fsp3) is 0.0204. The molecule has 0 radical (unpaired) electrons. The van der Waals surface area contributed by atoms with Crippen LogP contribution in [-0.4, -0.2) is 5.94 Å². The molecule has 0 atom stereocenters. The second-order valence-electron chi connectivity index (χ2n) is 12.5. The van der Waals surface area contributed by atoms with E-state index in [0.29, 0.717) is 12.0 Å². The third-order valence-electron chi connectivity index (χ3n) is 9.46. The quantitative estimate of drug-likeness (QED) is 0.159. The van der Waals surface area contributed by atoms with Crippen LogP contribution in [0.3, 0.4) is 0 Å². The van der Waals surface area contributed by atoms with Gasteiger partial charge in [0.2, 0.25) is 0 Å². The third-order valence-corrected chi connectivity index (χ3v) is 9.46. The van der Waals surface area contributed by atoms with Crippen molar-refractivity contribution in [3.8, 4) is 66.8 Å². The topological polar surface area (TPSA) is 17.1 Å². The van der Waals surface area contributed by atoms with Crippen LogP contribution >= 0.6 is 0 Å². The van der Waals surface area contributed by atoms with E-state index in [0.717, 1.165) is 50.1 Å². The molecule has 0 amide bonds. The Labute approximate surface area is 293 Å². The van der Waals surface area contributed by atoms with Crippen LogP contribution in [0, 0.1) is 0 Å². The van der Waals surface area contributed by atoms with E-state index in [1.807, 2.05) is 12.2 Å². The van der Waals surface area contributed by atoms with Crippen LogP contribution in [0.4, 0.5) is 0 Å². The lowest BCUT2D eigenvalue weighted by Crippen LogP contribution is -2.03. The molecule has 7 aromatic rings. The lowest BCUT2D eigenvalue weighted by Gasteiger charge is -2.30. The number of allylic oxidation sites excluding steroid dienone is 5. The van der Waals surface area contributed by atoms with Crippen LogP contribution in [0.5, 0.6) is 0 Å². The lowest BCUT2D eigenvalue weighted by atomic mass is 9.73. The molecule has 0 spiro atoms. The molecule has 236 valence electrons. The van der Waals surface area contributed by atoms with E-state index in [2.05, 4.69) is 188 Å². The highest BCUT2D eigenvalue weighted by Crippen LogP contribution is 2.56. The van der Waals surface area contributed by atoms with Gasteiger partial charge in [-0.2, -0.15) is 0 Å². The third kappa shape index (κ3) is 5.77. The first-order chi connectivity index (χ1) is 24.8. The predicted molar refractivity (Wildman–Crippen MR) is 210 cm³/mol. The zero-order valence-electron chi connectivity index (χ0n) is 27.6. The van der Waals surface area contributed by atoms with E-state index in [1.165, 1.54) is 27.8 Å². The van der Waals surface area contributed by atoms with Crippen molar-refractivity contribution in [1.29, 1.82) is 0 Å². The van der Waals surface area contributed by atoms with Crippen LogP contribution in [0.25, 0.3) is 72.3 Å². The van der Waals surface area contributed by atoms with Gasteiger partial charge in [0, 0.05) is 12.0 Å². The molecular weight excluding hydrogens is 605 g/mol. The Bertz CT molecular complexity index is 2290. The Balaban J connectivity index is 1.66. The molecule has 0 N–H and O–H groups in total. The van der Waals surface area contributed by atoms with E-state index < -0.39 is 0 Å². The number of hydrogen-bond acceptors (Lipinski definition) is 1. The van der Waals surface area contributed by atoms with Gasteiger partial charge in [-0.15, -0.1) is 0 Å².